The Morgan fingerprint density at radius 3 is 2.32 bits per heavy atom. The quantitative estimate of drug-likeness (QED) is 0.306. The van der Waals surface area contributed by atoms with Crippen LogP contribution in [0.4, 0.5) is 0 Å². The first kappa shape index (κ1) is 18.0. The summed E-state index contributed by atoms with van der Waals surface area (Å²) < 4.78 is 16.6. The maximum Gasteiger partial charge on any atom is 0.299 e. The highest BCUT2D eigenvalue weighted by Crippen LogP contribution is 2.39. The Balaban J connectivity index is 1.64. The monoisotopic (exact) mass is 407 g/mol. The second kappa shape index (κ2) is 6.35. The van der Waals surface area contributed by atoms with E-state index in [0.29, 0.717) is 5.78 Å². The lowest BCUT2D eigenvalue weighted by atomic mass is 10.0. The van der Waals surface area contributed by atoms with Crippen molar-refractivity contribution < 1.29 is 13.4 Å². The number of furan rings is 2. The van der Waals surface area contributed by atoms with Crippen LogP contribution in [-0.4, -0.2) is 4.57 Å². The molecule has 0 aliphatic rings. The fraction of sp³-hybridized carbons (Fsp3) is 0.148. The van der Waals surface area contributed by atoms with E-state index in [1.165, 1.54) is 22.4 Å². The minimum Gasteiger partial charge on any atom is -0.425 e. The lowest BCUT2D eigenvalue weighted by Gasteiger charge is -2.10. The number of nitrogens with zero attached hydrogens (tertiary/aromatic N) is 2. The normalized spacial score (nSPS) is 11.9. The Morgan fingerprint density at radius 1 is 0.774 bits per heavy atom. The molecule has 4 nitrogen and oxygen atoms in total. The average molecular weight is 407 g/mol. The van der Waals surface area contributed by atoms with E-state index in [-0.39, 0.29) is 0 Å². The van der Waals surface area contributed by atoms with Gasteiger partial charge in [-0.15, -0.1) is 0 Å². The highest BCUT2D eigenvalue weighted by atomic mass is 16.5. The smallest absolute Gasteiger partial charge is 0.299 e. The molecular weight excluding hydrogens is 384 g/mol. The van der Waals surface area contributed by atoms with Crippen LogP contribution in [-0.2, 0) is 7.05 Å². The van der Waals surface area contributed by atoms with Crippen LogP contribution in [0.15, 0.2) is 75.8 Å². The zero-order valence-electron chi connectivity index (χ0n) is 18.1. The minimum absolute atomic E-state index is 0.585. The summed E-state index contributed by atoms with van der Waals surface area (Å²) in [5, 5.41) is 3.23. The molecule has 0 saturated carbocycles. The molecule has 31 heavy (non-hydrogen) atoms. The molecule has 0 N–H and O–H groups in total. The number of para-hydroxylation sites is 2. The van der Waals surface area contributed by atoms with Gasteiger partial charge in [0.1, 0.15) is 29.2 Å². The number of fused-ring (bicyclic) bond motifs is 5. The van der Waals surface area contributed by atoms with Gasteiger partial charge in [0.15, 0.2) is 0 Å². The summed E-state index contributed by atoms with van der Waals surface area (Å²) in [6, 6.07) is 18.9. The van der Waals surface area contributed by atoms with Crippen LogP contribution in [0.5, 0.6) is 0 Å². The van der Waals surface area contributed by atoms with Crippen LogP contribution in [0.1, 0.15) is 16.7 Å². The Hall–Kier alpha value is -3.79. The zero-order chi connectivity index (χ0) is 21.3. The third-order valence-electron chi connectivity index (χ3n) is 6.28. The van der Waals surface area contributed by atoms with Gasteiger partial charge in [-0.25, -0.2) is 4.57 Å². The van der Waals surface area contributed by atoms with Crippen LogP contribution < -0.4 is 4.57 Å². The molecule has 0 spiro atoms. The largest absolute Gasteiger partial charge is 0.425 e. The van der Waals surface area contributed by atoms with Gasteiger partial charge in [0, 0.05) is 10.8 Å². The van der Waals surface area contributed by atoms with Crippen molar-refractivity contribution in [3.63, 3.8) is 0 Å². The first-order valence-corrected chi connectivity index (χ1v) is 10.5. The molecule has 6 rings (SSSR count). The maximum absolute atomic E-state index is 6.18. The molecule has 0 aliphatic carbocycles. The van der Waals surface area contributed by atoms with E-state index >= 15 is 0 Å². The molecule has 0 fully saturated rings. The van der Waals surface area contributed by atoms with Crippen molar-refractivity contribution in [2.75, 3.05) is 0 Å². The lowest BCUT2D eigenvalue weighted by molar-refractivity contribution is -0.659. The van der Waals surface area contributed by atoms with Crippen molar-refractivity contribution in [3.05, 3.63) is 83.7 Å². The lowest BCUT2D eigenvalue weighted by Crippen LogP contribution is -2.29. The first-order chi connectivity index (χ1) is 15.0. The van der Waals surface area contributed by atoms with Crippen LogP contribution in [0.25, 0.3) is 50.2 Å². The molecule has 3 heterocycles. The van der Waals surface area contributed by atoms with Crippen molar-refractivity contribution in [1.29, 1.82) is 0 Å². The van der Waals surface area contributed by atoms with Gasteiger partial charge in [0.25, 0.3) is 11.6 Å². The fourth-order valence-corrected chi connectivity index (χ4v) is 4.82. The van der Waals surface area contributed by atoms with Gasteiger partial charge in [-0.1, -0.05) is 36.4 Å². The summed E-state index contributed by atoms with van der Waals surface area (Å²) in [5.74, 6) is 1.71. The fourth-order valence-electron chi connectivity index (χ4n) is 4.82. The molecule has 0 radical (unpaired) electrons. The first-order valence-electron chi connectivity index (χ1n) is 10.5. The third-order valence-corrected chi connectivity index (χ3v) is 6.28. The minimum atomic E-state index is 0.585. The number of aryl methyl sites for hydroxylation is 4. The number of hydrogen-bond acceptors (Lipinski definition) is 2. The molecule has 0 bridgehead atoms. The van der Waals surface area contributed by atoms with Crippen molar-refractivity contribution in [3.8, 4) is 17.1 Å². The van der Waals surface area contributed by atoms with Gasteiger partial charge in [0.05, 0.1) is 18.0 Å². The number of imidazole rings is 1. The highest BCUT2D eigenvalue weighted by Gasteiger charge is 2.25. The summed E-state index contributed by atoms with van der Waals surface area (Å²) in [7, 11) is 2.09. The predicted octanol–water partition coefficient (Wildman–Crippen LogP) is 6.54. The summed E-state index contributed by atoms with van der Waals surface area (Å²) in [6.45, 7) is 6.49. The highest BCUT2D eigenvalue weighted by molar-refractivity contribution is 6.17. The molecule has 0 amide bonds. The Morgan fingerprint density at radius 2 is 1.52 bits per heavy atom. The second-order valence-corrected chi connectivity index (χ2v) is 8.37. The van der Waals surface area contributed by atoms with Crippen LogP contribution in [0.2, 0.25) is 0 Å². The summed E-state index contributed by atoms with van der Waals surface area (Å²) in [4.78, 5) is 0. The van der Waals surface area contributed by atoms with Gasteiger partial charge >= 0.3 is 0 Å². The zero-order valence-corrected chi connectivity index (χ0v) is 18.1. The maximum atomic E-state index is 6.18. The molecule has 0 saturated heterocycles. The average Bonchev–Trinajstić information content (AvgIpc) is 3.39. The van der Waals surface area contributed by atoms with Crippen LogP contribution in [0.3, 0.4) is 0 Å². The summed E-state index contributed by atoms with van der Waals surface area (Å²) in [6.07, 6.45) is 4.24. The summed E-state index contributed by atoms with van der Waals surface area (Å²) in [5.41, 5.74) is 7.75. The molecule has 0 atom stereocenters. The molecule has 152 valence electrons. The Bertz CT molecular complexity index is 1610. The predicted molar refractivity (Wildman–Crippen MR) is 124 cm³/mol. The van der Waals surface area contributed by atoms with E-state index in [4.69, 9.17) is 8.83 Å². The molecule has 0 unspecified atom stereocenters. The van der Waals surface area contributed by atoms with Gasteiger partial charge in [-0.05, 0) is 55.7 Å². The number of aromatic nitrogens is 2. The van der Waals surface area contributed by atoms with Crippen molar-refractivity contribution in [1.82, 2.24) is 4.57 Å². The number of hydrogen-bond donors (Lipinski definition) is 0. The molecular formula is C27H23N2O2+. The van der Waals surface area contributed by atoms with E-state index < -0.39 is 0 Å². The summed E-state index contributed by atoms with van der Waals surface area (Å²) >= 11 is 0. The van der Waals surface area contributed by atoms with Crippen molar-refractivity contribution in [2.24, 2.45) is 7.05 Å². The van der Waals surface area contributed by atoms with E-state index in [1.807, 2.05) is 18.2 Å². The van der Waals surface area contributed by atoms with Gasteiger partial charge in [-0.3, -0.25) is 0 Å². The molecule has 6 aromatic rings. The molecule has 3 aromatic carbocycles. The van der Waals surface area contributed by atoms with Crippen LogP contribution in [0, 0.1) is 20.8 Å². The third kappa shape index (κ3) is 2.51. The Labute approximate surface area is 179 Å². The van der Waals surface area contributed by atoms with E-state index in [9.17, 15) is 0 Å². The second-order valence-electron chi connectivity index (χ2n) is 8.37. The van der Waals surface area contributed by atoms with E-state index in [1.54, 1.807) is 0 Å². The van der Waals surface area contributed by atoms with Crippen molar-refractivity contribution in [2.45, 2.75) is 20.8 Å². The van der Waals surface area contributed by atoms with Gasteiger partial charge in [-0.2, -0.15) is 4.57 Å². The SMILES string of the molecule is Cc1cc2c(cc1-c1n(-c3c(C)cccc3C)cc[n+]1C)oc1oc3ccccc3c12. The van der Waals surface area contributed by atoms with Crippen molar-refractivity contribution >= 4 is 33.1 Å². The van der Waals surface area contributed by atoms with Gasteiger partial charge in [0.2, 0.25) is 0 Å². The van der Waals surface area contributed by atoms with Crippen LogP contribution >= 0.6 is 0 Å². The number of benzene rings is 3. The van der Waals surface area contributed by atoms with Gasteiger partial charge < -0.3 is 8.83 Å². The number of rotatable bonds is 2. The topological polar surface area (TPSA) is 35.1 Å². The molecule has 4 heteroatoms. The van der Waals surface area contributed by atoms with E-state index in [2.05, 4.69) is 85.7 Å². The molecule has 3 aromatic heterocycles. The van der Waals surface area contributed by atoms with E-state index in [0.717, 1.165) is 38.7 Å². The molecule has 0 aliphatic heterocycles. The Kier molecular flexibility index (Phi) is 3.69. The standard InChI is InChI=1S/C27H23N2O2/c1-16-8-7-9-17(2)25(16)29-13-12-28(4)26(29)20-15-23-21(14-18(20)3)24-19-10-5-6-11-22(19)30-27(24)31-23/h5-15H,1-4H3/q+1.